The maximum atomic E-state index is 2.23. The van der Waals surface area contributed by atoms with Crippen molar-refractivity contribution >= 4 is 23.8 Å². The molecule has 3 aromatic rings. The molecule has 0 fully saturated rings. The van der Waals surface area contributed by atoms with Crippen LogP contribution in [0.4, 0.5) is 0 Å². The number of hydrogen-bond donors (Lipinski definition) is 0. The third kappa shape index (κ3) is 7.67. The third-order valence-electron chi connectivity index (χ3n) is 3.04. The Morgan fingerprint density at radius 2 is 0.560 bits per heavy atom. The summed E-state index contributed by atoms with van der Waals surface area (Å²) in [6, 6.07) is 32.3. The summed E-state index contributed by atoms with van der Waals surface area (Å²) >= 11 is 0. The van der Waals surface area contributed by atoms with Crippen LogP contribution in [0.2, 0.25) is 0 Å². The summed E-state index contributed by atoms with van der Waals surface area (Å²) in [5, 5.41) is 4.19. The van der Waals surface area contributed by atoms with Crippen molar-refractivity contribution in [2.75, 3.05) is 0 Å². The fraction of sp³-hybridized carbons (Fsp3) is 0.250. The molecule has 0 spiro atoms. The molecule has 0 nitrogen and oxygen atoms in total. The van der Waals surface area contributed by atoms with Crippen LogP contribution in [0, 0.1) is 0 Å². The average Bonchev–Trinajstić information content (AvgIpc) is 2.75. The first-order chi connectivity index (χ1) is 12.4. The molecule has 0 aromatic heterocycles. The number of benzene rings is 3. The quantitative estimate of drug-likeness (QED) is 0.471. The van der Waals surface area contributed by atoms with Crippen molar-refractivity contribution < 1.29 is 0 Å². The molecule has 0 saturated heterocycles. The Kier molecular flexibility index (Phi) is 14.4. The van der Waals surface area contributed by atoms with Crippen molar-refractivity contribution in [2.45, 2.75) is 41.5 Å². The minimum atomic E-state index is -0.446. The van der Waals surface area contributed by atoms with Gasteiger partial charge in [-0.05, 0) is 23.8 Å². The van der Waals surface area contributed by atoms with Gasteiger partial charge in [0.2, 0.25) is 0 Å². The van der Waals surface area contributed by atoms with Gasteiger partial charge in [0.05, 0.1) is 0 Å². The van der Waals surface area contributed by atoms with E-state index in [2.05, 4.69) is 91.0 Å². The van der Waals surface area contributed by atoms with Gasteiger partial charge in [0.25, 0.3) is 0 Å². The van der Waals surface area contributed by atoms with Gasteiger partial charge in [-0.3, -0.25) is 0 Å². The highest BCUT2D eigenvalue weighted by molar-refractivity contribution is 7.79. The zero-order valence-electron chi connectivity index (χ0n) is 16.6. The monoisotopic (exact) mass is 352 g/mol. The van der Waals surface area contributed by atoms with Crippen LogP contribution in [0.5, 0.6) is 0 Å². The SMILES string of the molecule is CC.CC.CC.c1ccc(P(c2ccccc2)c2ccccc2)cc1. The highest BCUT2D eigenvalue weighted by Gasteiger charge is 2.14. The van der Waals surface area contributed by atoms with Crippen LogP contribution in [0.15, 0.2) is 91.0 Å². The maximum Gasteiger partial charge on any atom is -0.0134 e. The Morgan fingerprint density at radius 3 is 0.760 bits per heavy atom. The van der Waals surface area contributed by atoms with Crippen LogP contribution in [0.25, 0.3) is 0 Å². The lowest BCUT2D eigenvalue weighted by molar-refractivity contribution is 1.50. The van der Waals surface area contributed by atoms with Crippen molar-refractivity contribution in [1.82, 2.24) is 0 Å². The van der Waals surface area contributed by atoms with Gasteiger partial charge in [-0.1, -0.05) is 133 Å². The Hall–Kier alpha value is -1.91. The maximum absolute atomic E-state index is 2.23. The molecule has 0 N–H and O–H groups in total. The molecule has 0 aliphatic heterocycles. The molecule has 3 aromatic carbocycles. The van der Waals surface area contributed by atoms with E-state index in [0.717, 1.165) is 0 Å². The van der Waals surface area contributed by atoms with E-state index in [0.29, 0.717) is 0 Å². The Labute approximate surface area is 156 Å². The van der Waals surface area contributed by atoms with E-state index in [9.17, 15) is 0 Å². The Morgan fingerprint density at radius 1 is 0.360 bits per heavy atom. The highest BCUT2D eigenvalue weighted by Crippen LogP contribution is 2.32. The van der Waals surface area contributed by atoms with E-state index >= 15 is 0 Å². The standard InChI is InChI=1S/C18H15P.3C2H6/c1-4-10-16(11-5-1)19(17-12-6-2-7-13-17)18-14-8-3-9-15-18;3*1-2/h1-15H;3*1-2H3. The lowest BCUT2D eigenvalue weighted by Crippen LogP contribution is -2.20. The first-order valence-corrected chi connectivity index (χ1v) is 10.7. The first-order valence-electron chi connectivity index (χ1n) is 9.40. The minimum Gasteiger partial charge on any atom is -0.0683 e. The number of hydrogen-bond acceptors (Lipinski definition) is 0. The van der Waals surface area contributed by atoms with E-state index in [1.807, 2.05) is 41.5 Å². The Balaban J connectivity index is 0.000000871. The average molecular weight is 353 g/mol. The molecule has 0 saturated carbocycles. The normalized spacial score (nSPS) is 8.76. The van der Waals surface area contributed by atoms with Crippen LogP contribution in [0.3, 0.4) is 0 Å². The molecule has 134 valence electrons. The predicted molar refractivity (Wildman–Crippen MR) is 119 cm³/mol. The molecule has 3 rings (SSSR count). The second-order valence-corrected chi connectivity index (χ2v) is 6.56. The molecule has 0 atom stereocenters. The largest absolute Gasteiger partial charge is 0.0683 e. The molecule has 25 heavy (non-hydrogen) atoms. The van der Waals surface area contributed by atoms with Crippen molar-refractivity contribution in [3.63, 3.8) is 0 Å². The molecule has 0 amide bonds. The molecule has 0 radical (unpaired) electrons. The van der Waals surface area contributed by atoms with Gasteiger partial charge in [0.1, 0.15) is 0 Å². The fourth-order valence-corrected chi connectivity index (χ4v) is 4.48. The topological polar surface area (TPSA) is 0 Å². The van der Waals surface area contributed by atoms with E-state index in [1.54, 1.807) is 0 Å². The number of rotatable bonds is 3. The molecule has 0 heterocycles. The summed E-state index contributed by atoms with van der Waals surface area (Å²) < 4.78 is 0. The zero-order chi connectivity index (χ0) is 18.9. The molecule has 0 aliphatic rings. The molecule has 0 aliphatic carbocycles. The van der Waals surface area contributed by atoms with Crippen LogP contribution < -0.4 is 15.9 Å². The van der Waals surface area contributed by atoms with E-state index in [4.69, 9.17) is 0 Å². The predicted octanol–water partition coefficient (Wildman–Crippen LogP) is 6.52. The smallest absolute Gasteiger partial charge is 0.0134 e. The molecule has 1 heteroatoms. The fourth-order valence-electron chi connectivity index (χ4n) is 2.18. The van der Waals surface area contributed by atoms with Crippen molar-refractivity contribution in [3.05, 3.63) is 91.0 Å². The second kappa shape index (κ2) is 15.6. The molecular formula is C24H33P. The summed E-state index contributed by atoms with van der Waals surface area (Å²) in [4.78, 5) is 0. The van der Waals surface area contributed by atoms with Crippen molar-refractivity contribution in [2.24, 2.45) is 0 Å². The Bertz CT molecular complexity index is 524. The zero-order valence-corrected chi connectivity index (χ0v) is 17.5. The summed E-state index contributed by atoms with van der Waals surface area (Å²) in [6.07, 6.45) is 0. The van der Waals surface area contributed by atoms with Gasteiger partial charge in [-0.15, -0.1) is 0 Å². The van der Waals surface area contributed by atoms with Crippen LogP contribution >= 0.6 is 7.92 Å². The van der Waals surface area contributed by atoms with Crippen LogP contribution in [0.1, 0.15) is 41.5 Å². The first kappa shape index (κ1) is 23.1. The molecule has 0 bridgehead atoms. The van der Waals surface area contributed by atoms with Crippen molar-refractivity contribution in [1.29, 1.82) is 0 Å². The minimum absolute atomic E-state index is 0.446. The summed E-state index contributed by atoms with van der Waals surface area (Å²) in [6.45, 7) is 12.0. The lowest BCUT2D eigenvalue weighted by atomic mass is 10.4. The van der Waals surface area contributed by atoms with Crippen LogP contribution in [-0.4, -0.2) is 0 Å². The summed E-state index contributed by atoms with van der Waals surface area (Å²) in [5.74, 6) is 0. The van der Waals surface area contributed by atoms with Crippen molar-refractivity contribution in [3.8, 4) is 0 Å². The van der Waals surface area contributed by atoms with Gasteiger partial charge < -0.3 is 0 Å². The van der Waals surface area contributed by atoms with Gasteiger partial charge in [-0.25, -0.2) is 0 Å². The van der Waals surface area contributed by atoms with E-state index in [1.165, 1.54) is 15.9 Å². The van der Waals surface area contributed by atoms with Gasteiger partial charge in [0.15, 0.2) is 0 Å². The van der Waals surface area contributed by atoms with Gasteiger partial charge >= 0.3 is 0 Å². The second-order valence-electron chi connectivity index (χ2n) is 4.34. The lowest BCUT2D eigenvalue weighted by Gasteiger charge is -2.18. The van der Waals surface area contributed by atoms with E-state index < -0.39 is 7.92 Å². The third-order valence-corrected chi connectivity index (χ3v) is 5.49. The molecule has 0 unspecified atom stereocenters. The van der Waals surface area contributed by atoms with E-state index in [-0.39, 0.29) is 0 Å². The summed E-state index contributed by atoms with van der Waals surface area (Å²) in [5.41, 5.74) is 0. The summed E-state index contributed by atoms with van der Waals surface area (Å²) in [7, 11) is -0.446. The van der Waals surface area contributed by atoms with Gasteiger partial charge in [-0.2, -0.15) is 0 Å². The van der Waals surface area contributed by atoms with Gasteiger partial charge in [0, 0.05) is 0 Å². The highest BCUT2D eigenvalue weighted by atomic mass is 31.1. The van der Waals surface area contributed by atoms with Crippen LogP contribution in [-0.2, 0) is 0 Å². The molecular weight excluding hydrogens is 319 g/mol.